The van der Waals surface area contributed by atoms with Crippen LogP contribution < -0.4 is 5.32 Å². The number of halogens is 3. The smallest absolute Gasteiger partial charge is 0.394 e. The summed E-state index contributed by atoms with van der Waals surface area (Å²) in [6, 6.07) is 6.75. The van der Waals surface area contributed by atoms with Gasteiger partial charge in [-0.05, 0) is 36.8 Å². The number of nitrogens with zero attached hydrogens (tertiary/aromatic N) is 1. The first-order chi connectivity index (χ1) is 12.2. The molecule has 1 aromatic rings. The first-order valence-electron chi connectivity index (χ1n) is 8.61. The fourth-order valence-corrected chi connectivity index (χ4v) is 3.41. The van der Waals surface area contributed by atoms with Crippen molar-refractivity contribution < 1.29 is 27.9 Å². The van der Waals surface area contributed by atoms with Gasteiger partial charge in [-0.3, -0.25) is 4.79 Å². The second-order valence-corrected chi connectivity index (χ2v) is 7.11. The van der Waals surface area contributed by atoms with E-state index in [0.717, 1.165) is 23.3 Å². The van der Waals surface area contributed by atoms with Crippen molar-refractivity contribution in [2.45, 2.75) is 37.9 Å². The Morgan fingerprint density at radius 3 is 2.50 bits per heavy atom. The van der Waals surface area contributed by atoms with Gasteiger partial charge in [-0.15, -0.1) is 0 Å². The van der Waals surface area contributed by atoms with Crippen molar-refractivity contribution >= 4 is 12.0 Å². The Morgan fingerprint density at radius 2 is 1.96 bits per heavy atom. The van der Waals surface area contributed by atoms with E-state index in [1.165, 1.54) is 5.56 Å². The number of hydrogen-bond acceptors (Lipinski definition) is 2. The van der Waals surface area contributed by atoms with Crippen LogP contribution in [0, 0.1) is 11.8 Å². The highest BCUT2D eigenvalue weighted by Gasteiger charge is 2.53. The van der Waals surface area contributed by atoms with Gasteiger partial charge in [-0.2, -0.15) is 13.2 Å². The van der Waals surface area contributed by atoms with Crippen LogP contribution in [0.5, 0.6) is 0 Å². The monoisotopic (exact) mass is 370 g/mol. The topological polar surface area (TPSA) is 69.6 Å². The maximum absolute atomic E-state index is 13.0. The van der Waals surface area contributed by atoms with E-state index < -0.39 is 43.1 Å². The molecule has 8 heteroatoms. The highest BCUT2D eigenvalue weighted by molar-refractivity contribution is 5.78. The van der Waals surface area contributed by atoms with Crippen LogP contribution in [0.4, 0.5) is 18.0 Å². The summed E-state index contributed by atoms with van der Waals surface area (Å²) in [6.45, 7) is 0.678. The van der Waals surface area contributed by atoms with E-state index in [2.05, 4.69) is 5.32 Å². The first-order valence-corrected chi connectivity index (χ1v) is 8.61. The Labute approximate surface area is 149 Å². The number of nitrogens with one attached hydrogen (secondary N) is 1. The number of rotatable bonds is 4. The molecule has 1 aliphatic heterocycles. The molecule has 2 N–H and O–H groups in total. The minimum atomic E-state index is -4.65. The number of aliphatic carboxylic acids is 1. The highest BCUT2D eigenvalue weighted by atomic mass is 19.4. The average molecular weight is 370 g/mol. The number of amides is 2. The molecule has 0 radical (unpaired) electrons. The number of carbonyl (C=O) groups is 2. The zero-order valence-electron chi connectivity index (χ0n) is 14.3. The molecule has 3 rings (SSSR count). The number of carbonyl (C=O) groups excluding carboxylic acids is 1. The number of carboxylic acids is 1. The number of benzene rings is 1. The predicted octanol–water partition coefficient (Wildman–Crippen LogP) is 3.53. The molecule has 2 amide bonds. The first kappa shape index (κ1) is 18.5. The fraction of sp³-hybridized carbons (Fsp3) is 0.556. The second-order valence-electron chi connectivity index (χ2n) is 7.11. The molecule has 2 aliphatic rings. The lowest BCUT2D eigenvalue weighted by molar-refractivity contribution is -0.187. The van der Waals surface area contributed by atoms with Crippen molar-refractivity contribution in [1.82, 2.24) is 10.2 Å². The number of urea groups is 1. The van der Waals surface area contributed by atoms with Crippen LogP contribution in [0.2, 0.25) is 0 Å². The molecule has 26 heavy (non-hydrogen) atoms. The van der Waals surface area contributed by atoms with Crippen molar-refractivity contribution in [3.8, 4) is 0 Å². The molecule has 0 aromatic heterocycles. The maximum Gasteiger partial charge on any atom is 0.394 e. The van der Waals surface area contributed by atoms with Crippen LogP contribution in [-0.2, 0) is 4.79 Å². The van der Waals surface area contributed by atoms with E-state index in [9.17, 15) is 22.8 Å². The molecule has 1 aromatic carbocycles. The summed E-state index contributed by atoms with van der Waals surface area (Å²) in [4.78, 5) is 24.4. The van der Waals surface area contributed by atoms with E-state index in [4.69, 9.17) is 5.11 Å². The van der Waals surface area contributed by atoms with Crippen LogP contribution in [0.3, 0.4) is 0 Å². The Kier molecular flexibility index (Phi) is 4.86. The van der Waals surface area contributed by atoms with Gasteiger partial charge in [0, 0.05) is 13.1 Å². The molecule has 1 saturated heterocycles. The summed E-state index contributed by atoms with van der Waals surface area (Å²) in [5, 5.41) is 11.7. The number of likely N-dealkylation sites (tertiary alicyclic amines) is 1. The Hall–Kier alpha value is -2.25. The number of carboxylic acid groups (broad SMARTS) is 1. The molecule has 1 heterocycles. The molecule has 0 spiro atoms. The van der Waals surface area contributed by atoms with Crippen molar-refractivity contribution in [3.05, 3.63) is 35.4 Å². The molecular formula is C18H21F3N2O3. The summed E-state index contributed by atoms with van der Waals surface area (Å²) in [6.07, 6.45) is -2.36. The van der Waals surface area contributed by atoms with E-state index in [1.54, 1.807) is 6.92 Å². The van der Waals surface area contributed by atoms with Crippen molar-refractivity contribution in [2.75, 3.05) is 13.1 Å². The Morgan fingerprint density at radius 1 is 1.27 bits per heavy atom. The summed E-state index contributed by atoms with van der Waals surface area (Å²) in [5.74, 6) is -4.65. The molecular weight excluding hydrogens is 349 g/mol. The third kappa shape index (κ3) is 3.94. The third-order valence-electron chi connectivity index (χ3n) is 5.14. The van der Waals surface area contributed by atoms with Crippen molar-refractivity contribution in [3.63, 3.8) is 0 Å². The van der Waals surface area contributed by atoms with Crippen LogP contribution >= 0.6 is 0 Å². The summed E-state index contributed by atoms with van der Waals surface area (Å²) in [5.41, 5.74) is 2.08. The molecule has 0 bridgehead atoms. The number of hydrogen-bond donors (Lipinski definition) is 2. The standard InChI is InChI=1S/C18H21F3N2O3/c1-10(12-3-2-4-13(7-12)11-5-6-11)22-17(26)23-8-14(16(24)25)15(9-23)18(19,20)21/h2-4,7,10-11,14-15H,5-6,8-9H2,1H3,(H,22,26)(H,24,25)/t10?,14-,15-/m1/s1. The molecule has 3 atom stereocenters. The van der Waals surface area contributed by atoms with E-state index >= 15 is 0 Å². The highest BCUT2D eigenvalue weighted by Crippen LogP contribution is 2.41. The fourth-order valence-electron chi connectivity index (χ4n) is 3.41. The summed E-state index contributed by atoms with van der Waals surface area (Å²) in [7, 11) is 0. The van der Waals surface area contributed by atoms with Crippen molar-refractivity contribution in [2.24, 2.45) is 11.8 Å². The van der Waals surface area contributed by atoms with Gasteiger partial charge in [-0.25, -0.2) is 4.79 Å². The molecule has 1 aliphatic carbocycles. The van der Waals surface area contributed by atoms with Crippen LogP contribution in [-0.4, -0.2) is 41.3 Å². The lowest BCUT2D eigenvalue weighted by Gasteiger charge is -2.22. The van der Waals surface area contributed by atoms with Crippen LogP contribution in [0.15, 0.2) is 24.3 Å². The minimum absolute atomic E-state index is 0.380. The van der Waals surface area contributed by atoms with Gasteiger partial charge in [0.05, 0.1) is 17.9 Å². The Bertz CT molecular complexity index is 703. The quantitative estimate of drug-likeness (QED) is 0.852. The van der Waals surface area contributed by atoms with Gasteiger partial charge in [0.2, 0.25) is 0 Å². The molecule has 142 valence electrons. The lowest BCUT2D eigenvalue weighted by Crippen LogP contribution is -2.40. The largest absolute Gasteiger partial charge is 0.481 e. The van der Waals surface area contributed by atoms with Gasteiger partial charge < -0.3 is 15.3 Å². The molecule has 1 saturated carbocycles. The van der Waals surface area contributed by atoms with Gasteiger partial charge in [0.1, 0.15) is 0 Å². The van der Waals surface area contributed by atoms with Gasteiger partial charge >= 0.3 is 18.2 Å². The third-order valence-corrected chi connectivity index (χ3v) is 5.14. The normalized spacial score (nSPS) is 24.4. The van der Waals surface area contributed by atoms with Gasteiger partial charge in [0.15, 0.2) is 0 Å². The lowest BCUT2D eigenvalue weighted by atomic mass is 9.96. The zero-order valence-corrected chi connectivity index (χ0v) is 14.3. The molecule has 5 nitrogen and oxygen atoms in total. The van der Waals surface area contributed by atoms with Crippen molar-refractivity contribution in [1.29, 1.82) is 0 Å². The Balaban J connectivity index is 1.66. The minimum Gasteiger partial charge on any atom is -0.481 e. The average Bonchev–Trinajstić information content (AvgIpc) is 3.30. The molecule has 1 unspecified atom stereocenters. The van der Waals surface area contributed by atoms with Crippen LogP contribution in [0.25, 0.3) is 0 Å². The zero-order chi connectivity index (χ0) is 19.1. The van der Waals surface area contributed by atoms with E-state index in [0.29, 0.717) is 5.92 Å². The predicted molar refractivity (Wildman–Crippen MR) is 87.6 cm³/mol. The summed E-state index contributed by atoms with van der Waals surface area (Å²) < 4.78 is 39.1. The second kappa shape index (κ2) is 6.81. The summed E-state index contributed by atoms with van der Waals surface area (Å²) >= 11 is 0. The van der Waals surface area contributed by atoms with Gasteiger partial charge in [-0.1, -0.05) is 24.3 Å². The molecule has 2 fully saturated rings. The SMILES string of the molecule is CC(NC(=O)N1C[C@@H](C(F)(F)F)[C@H](C(=O)O)C1)c1cccc(C2CC2)c1. The number of alkyl halides is 3. The maximum atomic E-state index is 13.0. The van der Waals surface area contributed by atoms with Crippen LogP contribution in [0.1, 0.15) is 42.9 Å². The van der Waals surface area contributed by atoms with E-state index in [1.807, 2.05) is 24.3 Å². The van der Waals surface area contributed by atoms with E-state index in [-0.39, 0.29) is 6.04 Å². The van der Waals surface area contributed by atoms with Gasteiger partial charge in [0.25, 0.3) is 0 Å².